The molecule has 0 fully saturated rings. The number of hydrogen-bond donors (Lipinski definition) is 2. The highest BCUT2D eigenvalue weighted by Crippen LogP contribution is 2.30. The summed E-state index contributed by atoms with van der Waals surface area (Å²) in [6.07, 6.45) is 3.45. The van der Waals surface area contributed by atoms with E-state index in [4.69, 9.17) is 9.47 Å². The first-order chi connectivity index (χ1) is 12.3. The zero-order valence-electron chi connectivity index (χ0n) is 14.1. The first-order valence-electron chi connectivity index (χ1n) is 7.74. The summed E-state index contributed by atoms with van der Waals surface area (Å²) in [5.41, 5.74) is 1.66. The molecule has 0 aliphatic carbocycles. The lowest BCUT2D eigenvalue weighted by Gasteiger charge is -2.12. The smallest absolute Gasteiger partial charge is 0.229 e. The van der Waals surface area contributed by atoms with Gasteiger partial charge in [-0.05, 0) is 30.3 Å². The molecule has 3 aromatic rings. The summed E-state index contributed by atoms with van der Waals surface area (Å²) in [6, 6.07) is 13.1. The second-order valence-electron chi connectivity index (χ2n) is 5.13. The monoisotopic (exact) mass is 337 g/mol. The fourth-order valence-corrected chi connectivity index (χ4v) is 2.23. The van der Waals surface area contributed by atoms with E-state index in [2.05, 4.69) is 25.6 Å². The van der Waals surface area contributed by atoms with Crippen LogP contribution in [0.5, 0.6) is 11.5 Å². The molecule has 0 bridgehead atoms. The van der Waals surface area contributed by atoms with E-state index >= 15 is 0 Å². The van der Waals surface area contributed by atoms with Gasteiger partial charge < -0.3 is 20.1 Å². The molecule has 0 spiro atoms. The highest BCUT2D eigenvalue weighted by molar-refractivity contribution is 5.65. The predicted octanol–water partition coefficient (Wildman–Crippen LogP) is 3.24. The van der Waals surface area contributed by atoms with Crippen molar-refractivity contribution in [3.63, 3.8) is 0 Å². The highest BCUT2D eigenvalue weighted by Gasteiger charge is 2.07. The van der Waals surface area contributed by atoms with E-state index < -0.39 is 0 Å². The average Bonchev–Trinajstić information content (AvgIpc) is 2.67. The number of anilines is 3. The van der Waals surface area contributed by atoms with E-state index in [1.54, 1.807) is 32.7 Å². The molecule has 25 heavy (non-hydrogen) atoms. The van der Waals surface area contributed by atoms with Crippen LogP contribution in [0.1, 0.15) is 5.69 Å². The lowest BCUT2D eigenvalue weighted by molar-refractivity contribution is 0.405. The van der Waals surface area contributed by atoms with Crippen LogP contribution >= 0.6 is 0 Å². The van der Waals surface area contributed by atoms with Gasteiger partial charge in [0.2, 0.25) is 5.95 Å². The van der Waals surface area contributed by atoms with Crippen LogP contribution < -0.4 is 20.1 Å². The zero-order chi connectivity index (χ0) is 17.5. The van der Waals surface area contributed by atoms with E-state index in [0.717, 1.165) is 11.4 Å². The average molecular weight is 337 g/mol. The third-order valence-corrected chi connectivity index (χ3v) is 3.49. The Hall–Kier alpha value is -3.35. The third kappa shape index (κ3) is 4.35. The number of aromatic nitrogens is 3. The quantitative estimate of drug-likeness (QED) is 0.685. The normalized spacial score (nSPS) is 10.2. The summed E-state index contributed by atoms with van der Waals surface area (Å²) >= 11 is 0. The van der Waals surface area contributed by atoms with Gasteiger partial charge in [-0.2, -0.15) is 4.98 Å². The number of benzene rings is 1. The van der Waals surface area contributed by atoms with E-state index in [1.165, 1.54) is 0 Å². The number of nitrogens with zero attached hydrogens (tertiary/aromatic N) is 3. The van der Waals surface area contributed by atoms with Crippen molar-refractivity contribution in [2.75, 3.05) is 24.9 Å². The van der Waals surface area contributed by atoms with Gasteiger partial charge in [0.15, 0.2) is 0 Å². The largest absolute Gasteiger partial charge is 0.497 e. The number of pyridine rings is 1. The zero-order valence-corrected chi connectivity index (χ0v) is 14.1. The molecule has 3 rings (SSSR count). The molecule has 0 radical (unpaired) electrons. The summed E-state index contributed by atoms with van der Waals surface area (Å²) < 4.78 is 10.6. The van der Waals surface area contributed by atoms with Gasteiger partial charge in [0.1, 0.15) is 17.3 Å². The van der Waals surface area contributed by atoms with Crippen molar-refractivity contribution in [2.24, 2.45) is 0 Å². The van der Waals surface area contributed by atoms with Crippen LogP contribution in [0.2, 0.25) is 0 Å². The molecule has 0 saturated heterocycles. The summed E-state index contributed by atoms with van der Waals surface area (Å²) in [5, 5.41) is 6.38. The fraction of sp³-hybridized carbons (Fsp3) is 0.167. The van der Waals surface area contributed by atoms with Crippen LogP contribution in [0.3, 0.4) is 0 Å². The molecule has 128 valence electrons. The molecule has 1 aromatic carbocycles. The lowest BCUT2D eigenvalue weighted by Crippen LogP contribution is -2.05. The van der Waals surface area contributed by atoms with Gasteiger partial charge in [-0.3, -0.25) is 4.98 Å². The van der Waals surface area contributed by atoms with Crippen molar-refractivity contribution in [3.05, 3.63) is 60.6 Å². The minimum Gasteiger partial charge on any atom is -0.497 e. The van der Waals surface area contributed by atoms with Crippen LogP contribution in [0.15, 0.2) is 54.9 Å². The van der Waals surface area contributed by atoms with Crippen LogP contribution in [0, 0.1) is 0 Å². The van der Waals surface area contributed by atoms with E-state index in [9.17, 15) is 0 Å². The number of ether oxygens (including phenoxy) is 2. The van der Waals surface area contributed by atoms with E-state index in [-0.39, 0.29) is 0 Å². The molecule has 2 N–H and O–H groups in total. The van der Waals surface area contributed by atoms with Gasteiger partial charge in [0, 0.05) is 18.5 Å². The van der Waals surface area contributed by atoms with Gasteiger partial charge in [-0.1, -0.05) is 6.07 Å². The maximum atomic E-state index is 5.36. The first-order valence-corrected chi connectivity index (χ1v) is 7.74. The second kappa shape index (κ2) is 7.96. The van der Waals surface area contributed by atoms with E-state index in [1.807, 2.05) is 36.4 Å². The molecule has 2 heterocycles. The molecule has 0 unspecified atom stereocenters. The highest BCUT2D eigenvalue weighted by atomic mass is 16.5. The first kappa shape index (κ1) is 16.5. The molecule has 0 amide bonds. The Morgan fingerprint density at radius 1 is 0.960 bits per heavy atom. The molecule has 0 aliphatic rings. The number of hydrogen-bond acceptors (Lipinski definition) is 7. The summed E-state index contributed by atoms with van der Waals surface area (Å²) in [6.45, 7) is 0.583. The van der Waals surface area contributed by atoms with Crippen LogP contribution in [0.4, 0.5) is 17.5 Å². The standard InChI is InChI=1S/C18H19N5O2/c1-24-14-6-7-16(25-2)15(11-14)22-18-20-10-8-17(23-18)21-12-13-5-3-4-9-19-13/h3-11H,12H2,1-2H3,(H2,20,21,22,23). The van der Waals surface area contributed by atoms with Gasteiger partial charge >= 0.3 is 0 Å². The van der Waals surface area contributed by atoms with Gasteiger partial charge in [-0.25, -0.2) is 4.98 Å². The van der Waals surface area contributed by atoms with Crippen molar-refractivity contribution >= 4 is 17.5 Å². The third-order valence-electron chi connectivity index (χ3n) is 3.49. The predicted molar refractivity (Wildman–Crippen MR) is 96.4 cm³/mol. The topological polar surface area (TPSA) is 81.2 Å². The SMILES string of the molecule is COc1ccc(OC)c(Nc2nccc(NCc3ccccn3)n2)c1. The maximum absolute atomic E-state index is 5.36. The molecule has 7 heteroatoms. The Morgan fingerprint density at radius 3 is 2.64 bits per heavy atom. The molecule has 0 aliphatic heterocycles. The minimum absolute atomic E-state index is 0.456. The molecule has 2 aromatic heterocycles. The maximum Gasteiger partial charge on any atom is 0.229 e. The summed E-state index contributed by atoms with van der Waals surface area (Å²) in [5.74, 6) is 2.55. The number of methoxy groups -OCH3 is 2. The number of rotatable bonds is 7. The molecule has 7 nitrogen and oxygen atoms in total. The summed E-state index contributed by atoms with van der Waals surface area (Å²) in [4.78, 5) is 13.0. The van der Waals surface area contributed by atoms with Gasteiger partial charge in [-0.15, -0.1) is 0 Å². The van der Waals surface area contributed by atoms with Gasteiger partial charge in [0.25, 0.3) is 0 Å². The van der Waals surface area contributed by atoms with Crippen LogP contribution in [-0.4, -0.2) is 29.2 Å². The lowest BCUT2D eigenvalue weighted by atomic mass is 10.2. The molecular weight excluding hydrogens is 318 g/mol. The van der Waals surface area contributed by atoms with Crippen molar-refractivity contribution in [1.82, 2.24) is 15.0 Å². The van der Waals surface area contributed by atoms with E-state index in [0.29, 0.717) is 29.8 Å². The van der Waals surface area contributed by atoms with Gasteiger partial charge in [0.05, 0.1) is 32.1 Å². The Morgan fingerprint density at radius 2 is 1.88 bits per heavy atom. The van der Waals surface area contributed by atoms with Crippen LogP contribution in [-0.2, 0) is 6.54 Å². The summed E-state index contributed by atoms with van der Waals surface area (Å²) in [7, 11) is 3.23. The van der Waals surface area contributed by atoms with Crippen molar-refractivity contribution in [3.8, 4) is 11.5 Å². The Kier molecular flexibility index (Phi) is 5.26. The second-order valence-corrected chi connectivity index (χ2v) is 5.13. The molecule has 0 saturated carbocycles. The molecule has 0 atom stereocenters. The van der Waals surface area contributed by atoms with Crippen molar-refractivity contribution < 1.29 is 9.47 Å². The molecular formula is C18H19N5O2. The van der Waals surface area contributed by atoms with Crippen molar-refractivity contribution in [1.29, 1.82) is 0 Å². The minimum atomic E-state index is 0.456. The number of nitrogens with one attached hydrogen (secondary N) is 2. The Labute approximate surface area is 146 Å². The fourth-order valence-electron chi connectivity index (χ4n) is 2.23. The van der Waals surface area contributed by atoms with Crippen LogP contribution in [0.25, 0.3) is 0 Å². The van der Waals surface area contributed by atoms with Crippen molar-refractivity contribution in [2.45, 2.75) is 6.54 Å². The Bertz CT molecular complexity index is 827. The Balaban J connectivity index is 1.73.